The van der Waals surface area contributed by atoms with Crippen molar-refractivity contribution in [2.45, 2.75) is 17.2 Å². The number of Topliss-reactive ketones (excluding diaryl/α,β-unsaturated/α-hetero) is 1. The summed E-state index contributed by atoms with van der Waals surface area (Å²) in [4.78, 5) is 14.7. The van der Waals surface area contributed by atoms with E-state index in [1.54, 1.807) is 7.11 Å². The lowest BCUT2D eigenvalue weighted by Gasteiger charge is -2.25. The largest absolute Gasteiger partial charge is 0.385 e. The molecule has 1 aromatic heterocycles. The van der Waals surface area contributed by atoms with Crippen LogP contribution >= 0.6 is 11.3 Å². The number of ether oxygens (including phenoxy) is 1. The van der Waals surface area contributed by atoms with Crippen molar-refractivity contribution < 1.29 is 17.9 Å². The molecule has 0 amide bonds. The van der Waals surface area contributed by atoms with Crippen molar-refractivity contribution in [2.24, 2.45) is 5.14 Å². The van der Waals surface area contributed by atoms with Gasteiger partial charge in [0, 0.05) is 37.2 Å². The average Bonchev–Trinajstić information content (AvgIpc) is 2.73. The van der Waals surface area contributed by atoms with Crippen molar-refractivity contribution in [2.75, 3.05) is 26.8 Å². The normalized spacial score (nSPS) is 16.6. The van der Waals surface area contributed by atoms with E-state index in [-0.39, 0.29) is 9.99 Å². The smallest absolute Gasteiger partial charge is 0.247 e. The monoisotopic (exact) mass is 304 g/mol. The number of carbonyl (C=O) groups excluding carboxylic acids is 1. The lowest BCUT2D eigenvalue weighted by atomic mass is 10.1. The fourth-order valence-electron chi connectivity index (χ4n) is 2.04. The van der Waals surface area contributed by atoms with Crippen LogP contribution in [0, 0.1) is 0 Å². The third kappa shape index (κ3) is 3.40. The number of thiophene rings is 1. The molecule has 0 fully saturated rings. The third-order valence-corrected chi connectivity index (χ3v) is 5.46. The first kappa shape index (κ1) is 14.6. The zero-order chi connectivity index (χ0) is 14.0. The molecular weight excluding hydrogens is 288 g/mol. The van der Waals surface area contributed by atoms with Crippen LogP contribution in [0.25, 0.3) is 0 Å². The van der Waals surface area contributed by atoms with Crippen LogP contribution in [-0.4, -0.2) is 45.9 Å². The second-order valence-electron chi connectivity index (χ2n) is 4.43. The molecule has 1 aliphatic heterocycles. The van der Waals surface area contributed by atoms with Gasteiger partial charge in [-0.1, -0.05) is 0 Å². The Balaban J connectivity index is 2.15. The second-order valence-corrected chi connectivity index (χ2v) is 7.35. The van der Waals surface area contributed by atoms with Crippen molar-refractivity contribution in [3.63, 3.8) is 0 Å². The summed E-state index contributed by atoms with van der Waals surface area (Å²) in [5, 5.41) is 5.09. The number of sulfonamides is 1. The second kappa shape index (κ2) is 5.68. The maximum atomic E-state index is 12.0. The highest BCUT2D eigenvalue weighted by Gasteiger charge is 2.27. The molecule has 1 aliphatic rings. The fourth-order valence-corrected chi connectivity index (χ4v) is 4.03. The molecule has 2 heterocycles. The minimum atomic E-state index is -3.73. The van der Waals surface area contributed by atoms with Crippen LogP contribution in [0.1, 0.15) is 21.7 Å². The molecule has 0 saturated carbocycles. The number of carbonyl (C=O) groups is 1. The van der Waals surface area contributed by atoms with Gasteiger partial charge in [-0.3, -0.25) is 9.69 Å². The quantitative estimate of drug-likeness (QED) is 0.797. The number of primary sulfonamides is 1. The van der Waals surface area contributed by atoms with E-state index >= 15 is 0 Å². The van der Waals surface area contributed by atoms with E-state index in [9.17, 15) is 13.2 Å². The molecule has 6 nitrogen and oxygen atoms in total. The SMILES string of the molecule is COCCCN1CC(=O)c2cc(S(N)(=O)=O)sc2C1. The summed E-state index contributed by atoms with van der Waals surface area (Å²) in [7, 11) is -2.09. The topological polar surface area (TPSA) is 89.7 Å². The maximum Gasteiger partial charge on any atom is 0.247 e. The molecule has 19 heavy (non-hydrogen) atoms. The van der Waals surface area contributed by atoms with Gasteiger partial charge in [0.15, 0.2) is 5.78 Å². The highest BCUT2D eigenvalue weighted by Crippen LogP contribution is 2.30. The summed E-state index contributed by atoms with van der Waals surface area (Å²) in [6, 6.07) is 1.39. The Bertz CT molecular complexity index is 580. The van der Waals surface area contributed by atoms with Crippen molar-refractivity contribution in [3.05, 3.63) is 16.5 Å². The third-order valence-electron chi connectivity index (χ3n) is 2.92. The Morgan fingerprint density at radius 2 is 2.21 bits per heavy atom. The number of ketones is 1. The first-order chi connectivity index (χ1) is 8.91. The predicted molar refractivity (Wildman–Crippen MR) is 71.8 cm³/mol. The highest BCUT2D eigenvalue weighted by atomic mass is 32.2. The van der Waals surface area contributed by atoms with Gasteiger partial charge in [0.25, 0.3) is 0 Å². The number of hydrogen-bond donors (Lipinski definition) is 1. The van der Waals surface area contributed by atoms with Crippen molar-refractivity contribution >= 4 is 27.1 Å². The molecule has 2 rings (SSSR count). The summed E-state index contributed by atoms with van der Waals surface area (Å²) in [5.74, 6) is -0.0511. The molecule has 1 aromatic rings. The number of nitrogens with two attached hydrogens (primary N) is 1. The van der Waals surface area contributed by atoms with E-state index in [0.717, 1.165) is 29.2 Å². The van der Waals surface area contributed by atoms with Crippen LogP contribution < -0.4 is 5.14 Å². The maximum absolute atomic E-state index is 12.0. The van der Waals surface area contributed by atoms with E-state index in [1.807, 2.05) is 4.90 Å². The zero-order valence-electron chi connectivity index (χ0n) is 10.6. The minimum absolute atomic E-state index is 0.0511. The van der Waals surface area contributed by atoms with Gasteiger partial charge in [-0.05, 0) is 12.5 Å². The summed E-state index contributed by atoms with van der Waals surface area (Å²) in [6.45, 7) is 2.30. The fraction of sp³-hybridized carbons (Fsp3) is 0.545. The molecule has 0 aromatic carbocycles. The first-order valence-corrected chi connectivity index (χ1v) is 8.18. The molecular formula is C11H16N2O4S2. The van der Waals surface area contributed by atoms with Crippen LogP contribution in [0.2, 0.25) is 0 Å². The van der Waals surface area contributed by atoms with Crippen molar-refractivity contribution in [3.8, 4) is 0 Å². The number of fused-ring (bicyclic) bond motifs is 1. The highest BCUT2D eigenvalue weighted by molar-refractivity contribution is 7.91. The van der Waals surface area contributed by atoms with E-state index in [2.05, 4.69) is 0 Å². The predicted octanol–water partition coefficient (Wildman–Crippen LogP) is 0.430. The van der Waals surface area contributed by atoms with Gasteiger partial charge in [0.1, 0.15) is 4.21 Å². The van der Waals surface area contributed by atoms with Gasteiger partial charge >= 0.3 is 0 Å². The number of nitrogens with zero attached hydrogens (tertiary/aromatic N) is 1. The van der Waals surface area contributed by atoms with E-state index in [4.69, 9.17) is 9.88 Å². The van der Waals surface area contributed by atoms with Gasteiger partial charge in [0.2, 0.25) is 10.0 Å². The van der Waals surface area contributed by atoms with Gasteiger partial charge in [0.05, 0.1) is 6.54 Å². The lowest BCUT2D eigenvalue weighted by molar-refractivity contribution is 0.0890. The first-order valence-electron chi connectivity index (χ1n) is 5.82. The summed E-state index contributed by atoms with van der Waals surface area (Å²) in [5.41, 5.74) is 0.497. The zero-order valence-corrected chi connectivity index (χ0v) is 12.2. The molecule has 106 valence electrons. The Morgan fingerprint density at radius 3 is 2.84 bits per heavy atom. The Hall–Kier alpha value is -0.800. The molecule has 0 saturated heterocycles. The summed E-state index contributed by atoms with van der Waals surface area (Å²) in [6.07, 6.45) is 0.840. The van der Waals surface area contributed by atoms with Gasteiger partial charge < -0.3 is 4.74 Å². The van der Waals surface area contributed by atoms with Crippen molar-refractivity contribution in [1.29, 1.82) is 0 Å². The Morgan fingerprint density at radius 1 is 1.47 bits per heavy atom. The summed E-state index contributed by atoms with van der Waals surface area (Å²) >= 11 is 1.08. The van der Waals surface area contributed by atoms with Crippen LogP contribution in [0.4, 0.5) is 0 Å². The molecule has 0 bridgehead atoms. The van der Waals surface area contributed by atoms with Crippen LogP contribution in [-0.2, 0) is 21.3 Å². The molecule has 2 N–H and O–H groups in total. The molecule has 0 unspecified atom stereocenters. The molecule has 0 spiro atoms. The van der Waals surface area contributed by atoms with Gasteiger partial charge in [-0.25, -0.2) is 13.6 Å². The lowest BCUT2D eigenvalue weighted by Crippen LogP contribution is -2.35. The molecule has 0 aliphatic carbocycles. The van der Waals surface area contributed by atoms with Crippen molar-refractivity contribution in [1.82, 2.24) is 4.90 Å². The molecule has 8 heteroatoms. The van der Waals surface area contributed by atoms with Crippen LogP contribution in [0.3, 0.4) is 0 Å². The minimum Gasteiger partial charge on any atom is -0.385 e. The van der Waals surface area contributed by atoms with Gasteiger partial charge in [-0.2, -0.15) is 0 Å². The number of rotatable bonds is 5. The standard InChI is InChI=1S/C11H16N2O4S2/c1-17-4-2-3-13-6-9(14)8-5-11(19(12,15)16)18-10(8)7-13/h5H,2-4,6-7H2,1H3,(H2,12,15,16). The van der Waals surface area contributed by atoms with E-state index in [0.29, 0.717) is 25.3 Å². The molecule has 0 radical (unpaired) electrons. The Kier molecular flexibility index (Phi) is 4.36. The number of hydrogen-bond acceptors (Lipinski definition) is 6. The molecule has 0 atom stereocenters. The summed E-state index contributed by atoms with van der Waals surface area (Å²) < 4.78 is 27.6. The van der Waals surface area contributed by atoms with Crippen LogP contribution in [0.5, 0.6) is 0 Å². The average molecular weight is 304 g/mol. The Labute approximate surface area is 116 Å². The number of methoxy groups -OCH3 is 1. The van der Waals surface area contributed by atoms with Crippen LogP contribution in [0.15, 0.2) is 10.3 Å². The van der Waals surface area contributed by atoms with E-state index < -0.39 is 10.0 Å². The van der Waals surface area contributed by atoms with E-state index in [1.165, 1.54) is 6.07 Å². The van der Waals surface area contributed by atoms with Gasteiger partial charge in [-0.15, -0.1) is 11.3 Å².